The number of aromatic amines is 1. The number of carbonyl (C=O) groups excluding carboxylic acids is 1. The van der Waals surface area contributed by atoms with E-state index in [4.69, 9.17) is 4.74 Å². The standard InChI is InChI=1S/C23H22N6O2/c30-23(19-10-8-18(9-11-19)22-26-28-29-27-22)25-15-14-24-16-17-6-12-21(13-7-17)31-20-4-2-1-3-5-20/h1-13,24H,14-16H2,(H,25,30)(H,26,27,28,29). The Morgan fingerprint density at radius 3 is 2.32 bits per heavy atom. The number of amides is 1. The monoisotopic (exact) mass is 414 g/mol. The van der Waals surface area contributed by atoms with Crippen LogP contribution in [-0.4, -0.2) is 39.6 Å². The van der Waals surface area contributed by atoms with Crippen LogP contribution in [0.5, 0.6) is 11.5 Å². The topological polar surface area (TPSA) is 105 Å². The Morgan fingerprint density at radius 2 is 1.61 bits per heavy atom. The molecule has 4 aromatic rings. The molecule has 1 amide bonds. The van der Waals surface area contributed by atoms with Gasteiger partial charge in [0.05, 0.1) is 0 Å². The van der Waals surface area contributed by atoms with Crippen molar-refractivity contribution in [2.24, 2.45) is 0 Å². The van der Waals surface area contributed by atoms with Crippen LogP contribution in [0.1, 0.15) is 15.9 Å². The van der Waals surface area contributed by atoms with E-state index in [9.17, 15) is 4.79 Å². The lowest BCUT2D eigenvalue weighted by Gasteiger charge is -2.09. The van der Waals surface area contributed by atoms with E-state index >= 15 is 0 Å². The van der Waals surface area contributed by atoms with E-state index in [1.807, 2.05) is 54.6 Å². The van der Waals surface area contributed by atoms with Crippen LogP contribution in [0.2, 0.25) is 0 Å². The Kier molecular flexibility index (Phi) is 6.61. The molecule has 0 spiro atoms. The van der Waals surface area contributed by atoms with E-state index in [0.717, 1.165) is 22.6 Å². The van der Waals surface area contributed by atoms with Gasteiger partial charge < -0.3 is 15.4 Å². The van der Waals surface area contributed by atoms with Crippen molar-refractivity contribution in [1.82, 2.24) is 31.3 Å². The van der Waals surface area contributed by atoms with E-state index in [0.29, 0.717) is 31.0 Å². The largest absolute Gasteiger partial charge is 0.457 e. The van der Waals surface area contributed by atoms with Gasteiger partial charge in [0.25, 0.3) is 5.91 Å². The van der Waals surface area contributed by atoms with Crippen LogP contribution in [-0.2, 0) is 6.54 Å². The maximum atomic E-state index is 12.3. The first-order valence-electron chi connectivity index (χ1n) is 9.92. The maximum Gasteiger partial charge on any atom is 0.251 e. The average Bonchev–Trinajstić information content (AvgIpc) is 3.36. The van der Waals surface area contributed by atoms with Gasteiger partial charge in [-0.2, -0.15) is 5.21 Å². The van der Waals surface area contributed by atoms with E-state index in [2.05, 4.69) is 31.3 Å². The number of hydrogen-bond donors (Lipinski definition) is 3. The van der Waals surface area contributed by atoms with Gasteiger partial charge in [-0.25, -0.2) is 0 Å². The number of nitrogens with one attached hydrogen (secondary N) is 3. The van der Waals surface area contributed by atoms with Gasteiger partial charge >= 0.3 is 0 Å². The second kappa shape index (κ2) is 10.1. The fourth-order valence-corrected chi connectivity index (χ4v) is 2.95. The van der Waals surface area contributed by atoms with Crippen molar-refractivity contribution < 1.29 is 9.53 Å². The molecule has 0 atom stereocenters. The van der Waals surface area contributed by atoms with Crippen LogP contribution >= 0.6 is 0 Å². The van der Waals surface area contributed by atoms with Crippen molar-refractivity contribution >= 4 is 5.91 Å². The molecule has 3 aromatic carbocycles. The molecule has 0 radical (unpaired) electrons. The first kappa shape index (κ1) is 20.2. The van der Waals surface area contributed by atoms with Gasteiger partial charge in [0.15, 0.2) is 0 Å². The summed E-state index contributed by atoms with van der Waals surface area (Å²) in [5.74, 6) is 1.99. The van der Waals surface area contributed by atoms with Gasteiger partial charge in [-0.3, -0.25) is 4.79 Å². The third-order valence-electron chi connectivity index (χ3n) is 4.57. The number of rotatable bonds is 9. The Labute approximate surface area is 179 Å². The molecular weight excluding hydrogens is 392 g/mol. The molecule has 31 heavy (non-hydrogen) atoms. The number of nitrogens with zero attached hydrogens (tertiary/aromatic N) is 3. The Morgan fingerprint density at radius 1 is 0.871 bits per heavy atom. The summed E-state index contributed by atoms with van der Waals surface area (Å²) in [5, 5.41) is 20.0. The number of benzene rings is 3. The van der Waals surface area contributed by atoms with Crippen LogP contribution in [0.15, 0.2) is 78.9 Å². The summed E-state index contributed by atoms with van der Waals surface area (Å²) in [6.45, 7) is 1.90. The molecule has 0 aliphatic rings. The SMILES string of the molecule is O=C(NCCNCc1ccc(Oc2ccccc2)cc1)c1ccc(-c2nn[nH]n2)cc1. The van der Waals surface area contributed by atoms with Crippen molar-refractivity contribution in [3.05, 3.63) is 90.0 Å². The highest BCUT2D eigenvalue weighted by Gasteiger charge is 2.07. The fourth-order valence-electron chi connectivity index (χ4n) is 2.95. The van der Waals surface area contributed by atoms with Gasteiger partial charge in [0, 0.05) is 30.8 Å². The van der Waals surface area contributed by atoms with Crippen molar-refractivity contribution in [2.45, 2.75) is 6.54 Å². The fraction of sp³-hybridized carbons (Fsp3) is 0.130. The first-order chi connectivity index (χ1) is 15.3. The molecule has 8 nitrogen and oxygen atoms in total. The van der Waals surface area contributed by atoms with E-state index in [-0.39, 0.29) is 5.91 Å². The van der Waals surface area contributed by atoms with E-state index in [1.54, 1.807) is 24.3 Å². The predicted molar refractivity (Wildman–Crippen MR) is 117 cm³/mol. The maximum absolute atomic E-state index is 12.3. The number of ether oxygens (including phenoxy) is 1. The number of carbonyl (C=O) groups is 1. The zero-order valence-corrected chi connectivity index (χ0v) is 16.8. The molecule has 0 saturated heterocycles. The zero-order chi connectivity index (χ0) is 21.3. The second-order valence-corrected chi connectivity index (χ2v) is 6.80. The highest BCUT2D eigenvalue weighted by Crippen LogP contribution is 2.21. The molecule has 0 saturated carbocycles. The zero-order valence-electron chi connectivity index (χ0n) is 16.8. The molecule has 0 fully saturated rings. The van der Waals surface area contributed by atoms with Crippen molar-refractivity contribution in [3.8, 4) is 22.9 Å². The summed E-state index contributed by atoms with van der Waals surface area (Å²) < 4.78 is 5.79. The molecule has 1 heterocycles. The highest BCUT2D eigenvalue weighted by molar-refractivity contribution is 5.94. The summed E-state index contributed by atoms with van der Waals surface area (Å²) in [7, 11) is 0. The lowest BCUT2D eigenvalue weighted by atomic mass is 10.1. The van der Waals surface area contributed by atoms with Crippen LogP contribution in [0.4, 0.5) is 0 Å². The Balaban J connectivity index is 1.17. The van der Waals surface area contributed by atoms with E-state index in [1.165, 1.54) is 0 Å². The molecule has 1 aromatic heterocycles. The van der Waals surface area contributed by atoms with Crippen molar-refractivity contribution in [2.75, 3.05) is 13.1 Å². The van der Waals surface area contributed by atoms with Crippen molar-refractivity contribution in [1.29, 1.82) is 0 Å². The molecule has 8 heteroatoms. The highest BCUT2D eigenvalue weighted by atomic mass is 16.5. The van der Waals surface area contributed by atoms with Gasteiger partial charge in [-0.15, -0.1) is 10.2 Å². The number of aromatic nitrogens is 4. The third kappa shape index (κ3) is 5.74. The molecular formula is C23H22N6O2. The van der Waals surface area contributed by atoms with Gasteiger partial charge in [0.2, 0.25) is 5.82 Å². The Bertz CT molecular complexity index is 1080. The first-order valence-corrected chi connectivity index (χ1v) is 9.92. The molecule has 156 valence electrons. The lowest BCUT2D eigenvalue weighted by Crippen LogP contribution is -2.31. The quantitative estimate of drug-likeness (QED) is 0.363. The molecule has 0 unspecified atom stereocenters. The third-order valence-corrected chi connectivity index (χ3v) is 4.57. The minimum Gasteiger partial charge on any atom is -0.457 e. The normalized spacial score (nSPS) is 10.6. The number of H-pyrrole nitrogens is 1. The summed E-state index contributed by atoms with van der Waals surface area (Å²) >= 11 is 0. The molecule has 0 aliphatic heterocycles. The number of hydrogen-bond acceptors (Lipinski definition) is 6. The number of tetrazole rings is 1. The molecule has 0 aliphatic carbocycles. The minimum atomic E-state index is -0.121. The summed E-state index contributed by atoms with van der Waals surface area (Å²) in [6, 6.07) is 24.7. The van der Waals surface area contributed by atoms with Crippen LogP contribution in [0.25, 0.3) is 11.4 Å². The predicted octanol–water partition coefficient (Wildman–Crippen LogP) is 3.18. The molecule has 4 rings (SSSR count). The molecule has 0 bridgehead atoms. The van der Waals surface area contributed by atoms with E-state index < -0.39 is 0 Å². The second-order valence-electron chi connectivity index (χ2n) is 6.80. The Hall–Kier alpha value is -4.04. The smallest absolute Gasteiger partial charge is 0.251 e. The lowest BCUT2D eigenvalue weighted by molar-refractivity contribution is 0.0954. The van der Waals surface area contributed by atoms with Crippen LogP contribution in [0, 0.1) is 0 Å². The molecule has 3 N–H and O–H groups in total. The summed E-state index contributed by atoms with van der Waals surface area (Å²) in [5.41, 5.74) is 2.53. The van der Waals surface area contributed by atoms with Gasteiger partial charge in [0.1, 0.15) is 11.5 Å². The van der Waals surface area contributed by atoms with Crippen LogP contribution < -0.4 is 15.4 Å². The summed E-state index contributed by atoms with van der Waals surface area (Å²) in [4.78, 5) is 12.3. The summed E-state index contributed by atoms with van der Waals surface area (Å²) in [6.07, 6.45) is 0. The van der Waals surface area contributed by atoms with Gasteiger partial charge in [-0.05, 0) is 47.2 Å². The van der Waals surface area contributed by atoms with Crippen molar-refractivity contribution in [3.63, 3.8) is 0 Å². The van der Waals surface area contributed by atoms with Crippen LogP contribution in [0.3, 0.4) is 0 Å². The average molecular weight is 414 g/mol. The number of para-hydroxylation sites is 1. The minimum absolute atomic E-state index is 0.121. The van der Waals surface area contributed by atoms with Gasteiger partial charge in [-0.1, -0.05) is 42.5 Å².